The molecule has 100 valence electrons. The van der Waals surface area contributed by atoms with Crippen LogP contribution in [0.2, 0.25) is 0 Å². The second kappa shape index (κ2) is 5.65. The van der Waals surface area contributed by atoms with Crippen molar-refractivity contribution in [1.82, 2.24) is 9.55 Å². The third-order valence-electron chi connectivity index (χ3n) is 3.85. The van der Waals surface area contributed by atoms with E-state index in [1.807, 2.05) is 10.8 Å². The SMILES string of the molecule is CCCn1ccnc1C(=O)C1(OC)CCCCC1. The minimum Gasteiger partial charge on any atom is -0.370 e. The molecule has 1 aromatic heterocycles. The molecule has 0 aliphatic heterocycles. The fourth-order valence-corrected chi connectivity index (χ4v) is 2.79. The molecule has 1 aliphatic carbocycles. The number of nitrogens with zero attached hydrogens (tertiary/aromatic N) is 2. The van der Waals surface area contributed by atoms with Crippen LogP contribution in [0.3, 0.4) is 0 Å². The lowest BCUT2D eigenvalue weighted by Gasteiger charge is -2.34. The number of ether oxygens (including phenoxy) is 1. The number of hydrogen-bond donors (Lipinski definition) is 0. The number of imidazole rings is 1. The molecule has 0 unspecified atom stereocenters. The molecule has 0 atom stereocenters. The third kappa shape index (κ3) is 2.34. The van der Waals surface area contributed by atoms with E-state index in [0.717, 1.165) is 38.6 Å². The zero-order valence-corrected chi connectivity index (χ0v) is 11.3. The fraction of sp³-hybridized carbons (Fsp3) is 0.714. The summed E-state index contributed by atoms with van der Waals surface area (Å²) in [4.78, 5) is 16.9. The number of carbonyl (C=O) groups excluding carboxylic acids is 1. The Labute approximate surface area is 108 Å². The van der Waals surface area contributed by atoms with E-state index in [1.54, 1.807) is 13.3 Å². The normalized spacial score (nSPS) is 18.8. The maximum Gasteiger partial charge on any atom is 0.229 e. The van der Waals surface area contributed by atoms with Gasteiger partial charge < -0.3 is 9.30 Å². The van der Waals surface area contributed by atoms with Crippen molar-refractivity contribution in [2.75, 3.05) is 7.11 Å². The van der Waals surface area contributed by atoms with Gasteiger partial charge in [0.2, 0.25) is 5.78 Å². The Hall–Kier alpha value is -1.16. The Morgan fingerprint density at radius 3 is 2.78 bits per heavy atom. The number of aryl methyl sites for hydroxylation is 1. The molecule has 0 radical (unpaired) electrons. The zero-order chi connectivity index (χ0) is 13.0. The molecule has 0 bridgehead atoms. The number of aromatic nitrogens is 2. The minimum absolute atomic E-state index is 0.0585. The van der Waals surface area contributed by atoms with Crippen molar-refractivity contribution in [3.63, 3.8) is 0 Å². The van der Waals surface area contributed by atoms with Crippen LogP contribution in [-0.4, -0.2) is 28.0 Å². The molecule has 1 saturated carbocycles. The van der Waals surface area contributed by atoms with E-state index in [1.165, 1.54) is 6.42 Å². The largest absolute Gasteiger partial charge is 0.370 e. The first kappa shape index (κ1) is 13.3. The van der Waals surface area contributed by atoms with Gasteiger partial charge in [-0.1, -0.05) is 26.2 Å². The lowest BCUT2D eigenvalue weighted by atomic mass is 9.81. The molecule has 4 heteroatoms. The maximum atomic E-state index is 12.7. The molecule has 0 aromatic carbocycles. The first-order valence-corrected chi connectivity index (χ1v) is 6.84. The molecule has 18 heavy (non-hydrogen) atoms. The minimum atomic E-state index is -0.630. The molecular weight excluding hydrogens is 228 g/mol. The van der Waals surface area contributed by atoms with E-state index in [2.05, 4.69) is 11.9 Å². The number of ketones is 1. The number of carbonyl (C=O) groups is 1. The molecule has 4 nitrogen and oxygen atoms in total. The van der Waals surface area contributed by atoms with Crippen LogP contribution in [0.5, 0.6) is 0 Å². The molecule has 0 spiro atoms. The van der Waals surface area contributed by atoms with E-state index >= 15 is 0 Å². The van der Waals surface area contributed by atoms with Crippen LogP contribution in [0.4, 0.5) is 0 Å². The Morgan fingerprint density at radius 1 is 1.44 bits per heavy atom. The summed E-state index contributed by atoms with van der Waals surface area (Å²) in [7, 11) is 1.65. The van der Waals surface area contributed by atoms with Crippen molar-refractivity contribution in [3.05, 3.63) is 18.2 Å². The van der Waals surface area contributed by atoms with Gasteiger partial charge in [-0.2, -0.15) is 0 Å². The summed E-state index contributed by atoms with van der Waals surface area (Å²) in [5.41, 5.74) is -0.630. The second-order valence-electron chi connectivity index (χ2n) is 5.03. The molecule has 1 fully saturated rings. The monoisotopic (exact) mass is 250 g/mol. The highest BCUT2D eigenvalue weighted by Gasteiger charge is 2.41. The summed E-state index contributed by atoms with van der Waals surface area (Å²) in [5.74, 6) is 0.615. The Morgan fingerprint density at radius 2 is 2.17 bits per heavy atom. The molecule has 0 N–H and O–H groups in total. The van der Waals surface area contributed by atoms with Crippen molar-refractivity contribution in [2.24, 2.45) is 0 Å². The van der Waals surface area contributed by atoms with Gasteiger partial charge in [0.25, 0.3) is 0 Å². The van der Waals surface area contributed by atoms with Crippen LogP contribution < -0.4 is 0 Å². The summed E-state index contributed by atoms with van der Waals surface area (Å²) in [5, 5.41) is 0. The number of rotatable bonds is 5. The van der Waals surface area contributed by atoms with Gasteiger partial charge in [0.1, 0.15) is 5.60 Å². The van der Waals surface area contributed by atoms with Crippen LogP contribution >= 0.6 is 0 Å². The molecule has 2 rings (SSSR count). The average molecular weight is 250 g/mol. The van der Waals surface area contributed by atoms with Crippen LogP contribution in [0.1, 0.15) is 56.1 Å². The van der Waals surface area contributed by atoms with Crippen molar-refractivity contribution >= 4 is 5.78 Å². The van der Waals surface area contributed by atoms with Crippen LogP contribution in [0.25, 0.3) is 0 Å². The van der Waals surface area contributed by atoms with Gasteiger partial charge in [-0.3, -0.25) is 4.79 Å². The molecule has 0 saturated heterocycles. The summed E-state index contributed by atoms with van der Waals surface area (Å²) in [6, 6.07) is 0. The standard InChI is InChI=1S/C14H22N2O2/c1-3-10-16-11-9-15-13(16)12(17)14(18-2)7-5-4-6-8-14/h9,11H,3-8,10H2,1-2H3. The lowest BCUT2D eigenvalue weighted by molar-refractivity contribution is -0.0204. The second-order valence-corrected chi connectivity index (χ2v) is 5.03. The Balaban J connectivity index is 2.25. The van der Waals surface area contributed by atoms with Gasteiger partial charge in [0, 0.05) is 26.0 Å². The molecule has 1 heterocycles. The predicted octanol–water partition coefficient (Wildman–Crippen LogP) is 2.83. The topological polar surface area (TPSA) is 44.1 Å². The summed E-state index contributed by atoms with van der Waals surface area (Å²) >= 11 is 0. The van der Waals surface area contributed by atoms with Crippen LogP contribution in [0.15, 0.2) is 12.4 Å². The highest BCUT2D eigenvalue weighted by Crippen LogP contribution is 2.33. The van der Waals surface area contributed by atoms with Gasteiger partial charge in [0.05, 0.1) is 0 Å². The van der Waals surface area contributed by atoms with Crippen molar-refractivity contribution < 1.29 is 9.53 Å². The maximum absolute atomic E-state index is 12.7. The van der Waals surface area contributed by atoms with Gasteiger partial charge in [0.15, 0.2) is 5.82 Å². The van der Waals surface area contributed by atoms with Gasteiger partial charge >= 0.3 is 0 Å². The average Bonchev–Trinajstić information content (AvgIpc) is 2.87. The Kier molecular flexibility index (Phi) is 4.17. The van der Waals surface area contributed by atoms with Crippen molar-refractivity contribution in [1.29, 1.82) is 0 Å². The van der Waals surface area contributed by atoms with E-state index in [4.69, 9.17) is 4.74 Å². The van der Waals surface area contributed by atoms with E-state index in [9.17, 15) is 4.79 Å². The van der Waals surface area contributed by atoms with Gasteiger partial charge in [-0.15, -0.1) is 0 Å². The first-order valence-electron chi connectivity index (χ1n) is 6.84. The third-order valence-corrected chi connectivity index (χ3v) is 3.85. The highest BCUT2D eigenvalue weighted by atomic mass is 16.5. The van der Waals surface area contributed by atoms with E-state index in [0.29, 0.717) is 5.82 Å². The molecule has 1 aliphatic rings. The Bertz CT molecular complexity index is 406. The molecule has 1 aromatic rings. The fourth-order valence-electron chi connectivity index (χ4n) is 2.79. The zero-order valence-electron chi connectivity index (χ0n) is 11.3. The number of Topliss-reactive ketones (excluding diaryl/α,β-unsaturated/α-hetero) is 1. The number of hydrogen-bond acceptors (Lipinski definition) is 3. The smallest absolute Gasteiger partial charge is 0.229 e. The molecule has 0 amide bonds. The van der Waals surface area contributed by atoms with Gasteiger partial charge in [-0.25, -0.2) is 4.98 Å². The summed E-state index contributed by atoms with van der Waals surface area (Å²) in [6.45, 7) is 2.93. The van der Waals surface area contributed by atoms with E-state index < -0.39 is 5.60 Å². The highest BCUT2D eigenvalue weighted by molar-refractivity contribution is 5.99. The predicted molar refractivity (Wildman–Crippen MR) is 69.7 cm³/mol. The van der Waals surface area contributed by atoms with E-state index in [-0.39, 0.29) is 5.78 Å². The summed E-state index contributed by atoms with van der Waals surface area (Å²) < 4.78 is 7.54. The van der Waals surface area contributed by atoms with Gasteiger partial charge in [-0.05, 0) is 19.3 Å². The van der Waals surface area contributed by atoms with Crippen LogP contribution in [0, 0.1) is 0 Å². The van der Waals surface area contributed by atoms with Crippen LogP contribution in [-0.2, 0) is 11.3 Å². The van der Waals surface area contributed by atoms with Crippen molar-refractivity contribution in [3.8, 4) is 0 Å². The van der Waals surface area contributed by atoms with Crippen molar-refractivity contribution in [2.45, 2.75) is 57.6 Å². The summed E-state index contributed by atoms with van der Waals surface area (Å²) in [6.07, 6.45) is 9.54. The molecular formula is C14H22N2O2. The first-order chi connectivity index (χ1) is 8.73. The lowest BCUT2D eigenvalue weighted by Crippen LogP contribution is -2.43. The number of methoxy groups -OCH3 is 1. The quantitative estimate of drug-likeness (QED) is 0.755.